The first-order valence-corrected chi connectivity index (χ1v) is 11.7. The van der Waals surface area contributed by atoms with Crippen molar-refractivity contribution in [3.05, 3.63) is 57.0 Å². The van der Waals surface area contributed by atoms with Crippen molar-refractivity contribution in [1.29, 1.82) is 0 Å². The molecule has 0 amide bonds. The van der Waals surface area contributed by atoms with E-state index >= 15 is 0 Å². The molecule has 0 bridgehead atoms. The molecular weight excluding hydrogens is 444 g/mol. The number of pyridine rings is 2. The Hall–Kier alpha value is -3.97. The molecule has 1 unspecified atom stereocenters. The molecule has 0 aromatic carbocycles. The van der Waals surface area contributed by atoms with Gasteiger partial charge in [-0.2, -0.15) is 4.98 Å². The second-order valence-electron chi connectivity index (χ2n) is 8.92. The summed E-state index contributed by atoms with van der Waals surface area (Å²) in [6, 6.07) is 6.75. The summed E-state index contributed by atoms with van der Waals surface area (Å²) in [5.74, 6) is 6.57. The molecule has 1 saturated heterocycles. The summed E-state index contributed by atoms with van der Waals surface area (Å²) in [5.41, 5.74) is 8.10. The standard InChI is InChI=1S/C25H28N8O2/c1-4-5-14-32-21-22(29-24(32)31-13-7-8-17(26)15-31)30(3)25(35)33(23(21)34)16(2)18-10-11-19-20(28-18)9-6-12-27-19/h6,9-12,16-17H,7-8,13-15,26H2,1-3H3/t16?,17-/m1/s1. The molecule has 5 rings (SSSR count). The molecule has 2 atom stereocenters. The van der Waals surface area contributed by atoms with E-state index in [-0.39, 0.29) is 12.6 Å². The molecule has 10 heteroatoms. The summed E-state index contributed by atoms with van der Waals surface area (Å²) < 4.78 is 4.49. The molecule has 1 aliphatic heterocycles. The molecule has 1 fully saturated rings. The molecule has 5 heterocycles. The minimum absolute atomic E-state index is 0.0308. The zero-order valence-electron chi connectivity index (χ0n) is 20.1. The zero-order chi connectivity index (χ0) is 24.7. The molecule has 2 N–H and O–H groups in total. The van der Waals surface area contributed by atoms with Crippen LogP contribution in [0.1, 0.15) is 38.4 Å². The number of rotatable bonds is 4. The molecule has 4 aromatic rings. The van der Waals surface area contributed by atoms with Crippen LogP contribution in [0.25, 0.3) is 22.2 Å². The van der Waals surface area contributed by atoms with Crippen molar-refractivity contribution >= 4 is 28.1 Å². The lowest BCUT2D eigenvalue weighted by molar-refractivity contribution is 0.496. The Morgan fingerprint density at radius 2 is 2.03 bits per heavy atom. The third kappa shape index (κ3) is 3.88. The van der Waals surface area contributed by atoms with E-state index in [0.717, 1.165) is 24.9 Å². The van der Waals surface area contributed by atoms with Gasteiger partial charge in [-0.15, -0.1) is 5.92 Å². The Kier molecular flexibility index (Phi) is 5.86. The van der Waals surface area contributed by atoms with Gasteiger partial charge in [-0.3, -0.25) is 18.9 Å². The van der Waals surface area contributed by atoms with E-state index in [1.54, 1.807) is 33.2 Å². The van der Waals surface area contributed by atoms with Gasteiger partial charge in [0.2, 0.25) is 5.95 Å². The predicted molar refractivity (Wildman–Crippen MR) is 135 cm³/mol. The van der Waals surface area contributed by atoms with Crippen molar-refractivity contribution in [3.8, 4) is 11.8 Å². The number of aryl methyl sites for hydroxylation is 1. The SMILES string of the molecule is CC#CCn1c(N2CCC[C@@H](N)C2)nc2c1c(=O)n(C(C)c1ccc3ncccc3n1)c(=O)n2C. The predicted octanol–water partition coefficient (Wildman–Crippen LogP) is 1.40. The monoisotopic (exact) mass is 472 g/mol. The Bertz CT molecular complexity index is 1600. The van der Waals surface area contributed by atoms with Gasteiger partial charge >= 0.3 is 5.69 Å². The van der Waals surface area contributed by atoms with Gasteiger partial charge in [0.15, 0.2) is 11.2 Å². The first-order chi connectivity index (χ1) is 16.9. The van der Waals surface area contributed by atoms with Gasteiger partial charge in [-0.1, -0.05) is 5.92 Å². The van der Waals surface area contributed by atoms with Gasteiger partial charge in [0.25, 0.3) is 5.56 Å². The topological polar surface area (TPSA) is 117 Å². The third-order valence-corrected chi connectivity index (χ3v) is 6.61. The lowest BCUT2D eigenvalue weighted by Crippen LogP contribution is -2.44. The Labute approximate surface area is 202 Å². The van der Waals surface area contributed by atoms with Crippen LogP contribution in [0.5, 0.6) is 0 Å². The number of aromatic nitrogens is 6. The molecule has 1 aliphatic rings. The van der Waals surface area contributed by atoms with Gasteiger partial charge in [0, 0.05) is 32.4 Å². The summed E-state index contributed by atoms with van der Waals surface area (Å²) in [5, 5.41) is 0. The van der Waals surface area contributed by atoms with Crippen LogP contribution in [-0.4, -0.2) is 47.8 Å². The van der Waals surface area contributed by atoms with Gasteiger partial charge < -0.3 is 10.6 Å². The Morgan fingerprint density at radius 1 is 1.20 bits per heavy atom. The fourth-order valence-electron chi connectivity index (χ4n) is 4.75. The fraction of sp³-hybridized carbons (Fsp3) is 0.400. The number of nitrogens with zero attached hydrogens (tertiary/aromatic N) is 7. The fourth-order valence-corrected chi connectivity index (χ4v) is 4.75. The molecule has 0 saturated carbocycles. The van der Waals surface area contributed by atoms with E-state index in [1.807, 2.05) is 22.8 Å². The summed E-state index contributed by atoms with van der Waals surface area (Å²) >= 11 is 0. The number of nitrogens with two attached hydrogens (primary N) is 1. The van der Waals surface area contributed by atoms with Gasteiger partial charge in [-0.25, -0.2) is 14.3 Å². The van der Waals surface area contributed by atoms with Crippen molar-refractivity contribution in [2.45, 2.75) is 45.3 Å². The second kappa shape index (κ2) is 9.00. The molecule has 0 aliphatic carbocycles. The van der Waals surface area contributed by atoms with Crippen LogP contribution < -0.4 is 21.9 Å². The first kappa shape index (κ1) is 22.8. The number of anilines is 1. The maximum atomic E-state index is 13.9. The number of hydrogen-bond donors (Lipinski definition) is 1. The molecule has 180 valence electrons. The molecule has 4 aromatic heterocycles. The highest BCUT2D eigenvalue weighted by molar-refractivity contribution is 5.75. The molecular formula is C25H28N8O2. The molecule has 10 nitrogen and oxygen atoms in total. The summed E-state index contributed by atoms with van der Waals surface area (Å²) in [7, 11) is 1.64. The van der Waals surface area contributed by atoms with E-state index in [0.29, 0.717) is 34.9 Å². The smallest absolute Gasteiger partial charge is 0.333 e. The molecule has 0 radical (unpaired) electrons. The summed E-state index contributed by atoms with van der Waals surface area (Å²) in [4.78, 5) is 43.1. The summed E-state index contributed by atoms with van der Waals surface area (Å²) in [6.45, 7) is 5.26. The lowest BCUT2D eigenvalue weighted by atomic mass is 10.1. The molecule has 0 spiro atoms. The van der Waals surface area contributed by atoms with Crippen LogP contribution in [-0.2, 0) is 13.6 Å². The van der Waals surface area contributed by atoms with Gasteiger partial charge in [0.1, 0.15) is 0 Å². The van der Waals surface area contributed by atoms with E-state index in [2.05, 4.69) is 26.7 Å². The van der Waals surface area contributed by atoms with Gasteiger partial charge in [0.05, 0.1) is 29.3 Å². The van der Waals surface area contributed by atoms with Crippen LogP contribution in [0, 0.1) is 11.8 Å². The molecule has 35 heavy (non-hydrogen) atoms. The average molecular weight is 473 g/mol. The highest BCUT2D eigenvalue weighted by Crippen LogP contribution is 2.24. The maximum Gasteiger partial charge on any atom is 0.333 e. The quantitative estimate of drug-likeness (QED) is 0.446. The van der Waals surface area contributed by atoms with Crippen molar-refractivity contribution in [2.24, 2.45) is 12.8 Å². The van der Waals surface area contributed by atoms with E-state index < -0.39 is 17.3 Å². The first-order valence-electron chi connectivity index (χ1n) is 11.7. The number of piperidine rings is 1. The maximum absolute atomic E-state index is 13.9. The van der Waals surface area contributed by atoms with E-state index in [1.165, 1.54) is 9.13 Å². The van der Waals surface area contributed by atoms with Crippen molar-refractivity contribution in [3.63, 3.8) is 0 Å². The van der Waals surface area contributed by atoms with Crippen LogP contribution in [0.2, 0.25) is 0 Å². The number of fused-ring (bicyclic) bond motifs is 2. The van der Waals surface area contributed by atoms with Crippen LogP contribution in [0.15, 0.2) is 40.1 Å². The largest absolute Gasteiger partial charge is 0.341 e. The highest BCUT2D eigenvalue weighted by Gasteiger charge is 2.27. The normalized spacial score (nSPS) is 16.9. The van der Waals surface area contributed by atoms with Gasteiger partial charge in [-0.05, 0) is 51.0 Å². The van der Waals surface area contributed by atoms with Crippen molar-refractivity contribution in [1.82, 2.24) is 28.7 Å². The number of hydrogen-bond acceptors (Lipinski definition) is 7. The zero-order valence-corrected chi connectivity index (χ0v) is 20.1. The Balaban J connectivity index is 1.72. The highest BCUT2D eigenvalue weighted by atomic mass is 16.2. The van der Waals surface area contributed by atoms with Crippen molar-refractivity contribution in [2.75, 3.05) is 18.0 Å². The lowest BCUT2D eigenvalue weighted by Gasteiger charge is -2.31. The summed E-state index contributed by atoms with van der Waals surface area (Å²) in [6.07, 6.45) is 3.59. The van der Waals surface area contributed by atoms with Crippen LogP contribution >= 0.6 is 0 Å². The van der Waals surface area contributed by atoms with Crippen LogP contribution in [0.3, 0.4) is 0 Å². The van der Waals surface area contributed by atoms with E-state index in [4.69, 9.17) is 10.7 Å². The second-order valence-corrected chi connectivity index (χ2v) is 8.92. The van der Waals surface area contributed by atoms with Crippen molar-refractivity contribution < 1.29 is 0 Å². The minimum atomic E-state index is -0.595. The number of imidazole rings is 1. The van der Waals surface area contributed by atoms with E-state index in [9.17, 15) is 9.59 Å². The van der Waals surface area contributed by atoms with Crippen LogP contribution in [0.4, 0.5) is 5.95 Å². The Morgan fingerprint density at radius 3 is 2.80 bits per heavy atom. The minimum Gasteiger partial charge on any atom is -0.341 e. The third-order valence-electron chi connectivity index (χ3n) is 6.61. The average Bonchev–Trinajstić information content (AvgIpc) is 3.25.